The minimum Gasteiger partial charge on any atom is -0.367 e. The van der Waals surface area contributed by atoms with Crippen LogP contribution in [0.5, 0.6) is 0 Å². The molecule has 2 aromatic rings. The van der Waals surface area contributed by atoms with Crippen LogP contribution in [0.4, 0.5) is 0 Å². The topological polar surface area (TPSA) is 62.1 Å². The first kappa shape index (κ1) is 13.9. The molecule has 3 N–H and O–H groups in total. The third kappa shape index (κ3) is 2.59. The monoisotopic (exact) mass is 283 g/mol. The molecule has 2 heterocycles. The number of carbonyl (C=O) groups excluding carboxylic acids is 1. The van der Waals surface area contributed by atoms with Crippen molar-refractivity contribution in [2.24, 2.45) is 11.7 Å². The van der Waals surface area contributed by atoms with E-state index in [2.05, 4.69) is 17.1 Å². The Morgan fingerprint density at radius 1 is 1.29 bits per heavy atom. The molecule has 1 aliphatic rings. The Bertz CT molecular complexity index is 620. The quantitative estimate of drug-likeness (QED) is 0.906. The Balaban J connectivity index is 1.81. The number of nitrogens with two attached hydrogens (primary N) is 1. The van der Waals surface area contributed by atoms with Crippen LogP contribution in [0, 0.1) is 12.8 Å². The van der Waals surface area contributed by atoms with E-state index < -0.39 is 0 Å². The average molecular weight is 283 g/mol. The third-order valence-corrected chi connectivity index (χ3v) is 4.44. The van der Waals surface area contributed by atoms with Crippen molar-refractivity contribution in [3.8, 4) is 0 Å². The number of rotatable bonds is 3. The average Bonchev–Trinajstić information content (AvgIpc) is 3.13. The number of likely N-dealkylation sites (tertiary alicyclic amines) is 1. The van der Waals surface area contributed by atoms with Crippen LogP contribution in [-0.2, 0) is 0 Å². The lowest BCUT2D eigenvalue weighted by Crippen LogP contribution is -2.30. The number of H-pyrrole nitrogens is 1. The molecule has 21 heavy (non-hydrogen) atoms. The highest BCUT2D eigenvalue weighted by Gasteiger charge is 2.35. The summed E-state index contributed by atoms with van der Waals surface area (Å²) in [6, 6.07) is 10.4. The summed E-state index contributed by atoms with van der Waals surface area (Å²) in [7, 11) is 0. The van der Waals surface area contributed by atoms with Gasteiger partial charge in [0.2, 0.25) is 0 Å². The van der Waals surface area contributed by atoms with E-state index in [0.29, 0.717) is 18.4 Å². The van der Waals surface area contributed by atoms with Crippen molar-refractivity contribution in [2.75, 3.05) is 19.6 Å². The Kier molecular flexibility index (Phi) is 3.80. The van der Waals surface area contributed by atoms with Crippen molar-refractivity contribution in [1.82, 2.24) is 9.88 Å². The lowest BCUT2D eigenvalue weighted by Gasteiger charge is -2.16. The van der Waals surface area contributed by atoms with E-state index in [0.717, 1.165) is 24.2 Å². The van der Waals surface area contributed by atoms with Crippen LogP contribution < -0.4 is 5.73 Å². The van der Waals surface area contributed by atoms with Crippen LogP contribution in [-0.4, -0.2) is 35.4 Å². The molecule has 0 aliphatic carbocycles. The normalized spacial score (nSPS) is 21.7. The van der Waals surface area contributed by atoms with Crippen LogP contribution in [0.2, 0.25) is 0 Å². The second kappa shape index (κ2) is 5.74. The first-order valence-electron chi connectivity index (χ1n) is 7.38. The maximum absolute atomic E-state index is 12.6. The number of benzene rings is 1. The van der Waals surface area contributed by atoms with E-state index in [1.807, 2.05) is 36.2 Å². The number of nitrogens with one attached hydrogen (secondary N) is 1. The van der Waals surface area contributed by atoms with Crippen molar-refractivity contribution in [2.45, 2.75) is 12.8 Å². The van der Waals surface area contributed by atoms with E-state index >= 15 is 0 Å². The molecule has 0 unspecified atom stereocenters. The molecule has 2 atom stereocenters. The number of aryl methyl sites for hydroxylation is 1. The molecule has 1 saturated heterocycles. The van der Waals surface area contributed by atoms with E-state index in [-0.39, 0.29) is 5.91 Å². The second-order valence-corrected chi connectivity index (χ2v) is 5.78. The fourth-order valence-electron chi connectivity index (χ4n) is 3.20. The summed E-state index contributed by atoms with van der Waals surface area (Å²) >= 11 is 0. The van der Waals surface area contributed by atoms with Crippen molar-refractivity contribution >= 4 is 5.91 Å². The minimum absolute atomic E-state index is 0.102. The van der Waals surface area contributed by atoms with Gasteiger partial charge in [-0.1, -0.05) is 30.3 Å². The van der Waals surface area contributed by atoms with Gasteiger partial charge in [-0.25, -0.2) is 0 Å². The second-order valence-electron chi connectivity index (χ2n) is 5.78. The summed E-state index contributed by atoms with van der Waals surface area (Å²) in [5.74, 6) is 0.764. The largest absolute Gasteiger partial charge is 0.367 e. The summed E-state index contributed by atoms with van der Waals surface area (Å²) in [5.41, 5.74) is 8.96. The third-order valence-electron chi connectivity index (χ3n) is 4.44. The summed E-state index contributed by atoms with van der Waals surface area (Å²) < 4.78 is 0. The van der Waals surface area contributed by atoms with Gasteiger partial charge in [-0.3, -0.25) is 4.79 Å². The number of hydrogen-bond acceptors (Lipinski definition) is 2. The summed E-state index contributed by atoms with van der Waals surface area (Å²) in [5, 5.41) is 0. The molecule has 1 aliphatic heterocycles. The molecule has 0 bridgehead atoms. The van der Waals surface area contributed by atoms with Gasteiger partial charge in [-0.15, -0.1) is 0 Å². The van der Waals surface area contributed by atoms with Gasteiger partial charge in [-0.2, -0.15) is 0 Å². The Morgan fingerprint density at radius 3 is 2.67 bits per heavy atom. The van der Waals surface area contributed by atoms with Gasteiger partial charge in [0.05, 0.1) is 5.56 Å². The number of hydrogen-bond donors (Lipinski definition) is 2. The van der Waals surface area contributed by atoms with Gasteiger partial charge in [-0.05, 0) is 30.5 Å². The lowest BCUT2D eigenvalue weighted by atomic mass is 9.89. The van der Waals surface area contributed by atoms with Crippen LogP contribution in [0.3, 0.4) is 0 Å². The minimum atomic E-state index is 0.102. The Hall–Kier alpha value is -2.07. The van der Waals surface area contributed by atoms with Crippen molar-refractivity contribution in [3.63, 3.8) is 0 Å². The molecule has 4 heteroatoms. The molecular formula is C17H21N3O. The number of carbonyl (C=O) groups is 1. The molecule has 0 radical (unpaired) electrons. The summed E-state index contributed by atoms with van der Waals surface area (Å²) in [6.07, 6.45) is 3.64. The molecule has 1 fully saturated rings. The molecule has 110 valence electrons. The van der Waals surface area contributed by atoms with Gasteiger partial charge < -0.3 is 15.6 Å². The highest BCUT2D eigenvalue weighted by Crippen LogP contribution is 2.32. The van der Waals surface area contributed by atoms with Gasteiger partial charge >= 0.3 is 0 Å². The SMILES string of the molecule is Cc1c[nH]cc1C(=O)N1C[C@@H](CN)[C@H](c2ccccc2)C1. The predicted molar refractivity (Wildman–Crippen MR) is 83.2 cm³/mol. The van der Waals surface area contributed by atoms with E-state index in [1.54, 1.807) is 6.20 Å². The molecule has 3 rings (SSSR count). The van der Waals surface area contributed by atoms with Crippen LogP contribution in [0.25, 0.3) is 0 Å². The van der Waals surface area contributed by atoms with E-state index in [1.165, 1.54) is 5.56 Å². The molecule has 1 aromatic heterocycles. The highest BCUT2D eigenvalue weighted by molar-refractivity contribution is 5.95. The predicted octanol–water partition coefficient (Wildman–Crippen LogP) is 2.14. The zero-order valence-corrected chi connectivity index (χ0v) is 12.3. The molecule has 1 aromatic carbocycles. The molecule has 4 nitrogen and oxygen atoms in total. The highest BCUT2D eigenvalue weighted by atomic mass is 16.2. The van der Waals surface area contributed by atoms with Gasteiger partial charge in [0.1, 0.15) is 0 Å². The zero-order chi connectivity index (χ0) is 14.8. The Morgan fingerprint density at radius 2 is 2.05 bits per heavy atom. The first-order chi connectivity index (χ1) is 10.2. The molecule has 0 spiro atoms. The fraction of sp³-hybridized carbons (Fsp3) is 0.353. The Labute approximate surface area is 125 Å². The standard InChI is InChI=1S/C17H21N3O/c1-12-8-19-9-15(12)17(21)20-10-14(7-18)16(11-20)13-5-3-2-4-6-13/h2-6,8-9,14,16,19H,7,10-11,18H2,1H3/t14-,16+/m1/s1. The molecular weight excluding hydrogens is 262 g/mol. The van der Waals surface area contributed by atoms with Crippen LogP contribution >= 0.6 is 0 Å². The van der Waals surface area contributed by atoms with Crippen LogP contribution in [0.1, 0.15) is 27.4 Å². The number of aromatic nitrogens is 1. The van der Waals surface area contributed by atoms with Crippen LogP contribution in [0.15, 0.2) is 42.7 Å². The number of nitrogens with zero attached hydrogens (tertiary/aromatic N) is 1. The first-order valence-corrected chi connectivity index (χ1v) is 7.38. The maximum atomic E-state index is 12.6. The maximum Gasteiger partial charge on any atom is 0.255 e. The van der Waals surface area contributed by atoms with Crippen molar-refractivity contribution in [1.29, 1.82) is 0 Å². The van der Waals surface area contributed by atoms with Gasteiger partial charge in [0.15, 0.2) is 0 Å². The lowest BCUT2D eigenvalue weighted by molar-refractivity contribution is 0.0786. The molecule has 0 saturated carbocycles. The van der Waals surface area contributed by atoms with E-state index in [4.69, 9.17) is 5.73 Å². The van der Waals surface area contributed by atoms with Crippen molar-refractivity contribution < 1.29 is 4.79 Å². The summed E-state index contributed by atoms with van der Waals surface area (Å²) in [6.45, 7) is 4.04. The fourth-order valence-corrected chi connectivity index (χ4v) is 3.20. The smallest absolute Gasteiger partial charge is 0.255 e. The van der Waals surface area contributed by atoms with Gasteiger partial charge in [0, 0.05) is 31.4 Å². The van der Waals surface area contributed by atoms with Gasteiger partial charge in [0.25, 0.3) is 5.91 Å². The number of amides is 1. The number of aromatic amines is 1. The van der Waals surface area contributed by atoms with Crippen molar-refractivity contribution in [3.05, 3.63) is 59.4 Å². The zero-order valence-electron chi connectivity index (χ0n) is 12.3. The molecule has 1 amide bonds. The van der Waals surface area contributed by atoms with E-state index in [9.17, 15) is 4.79 Å². The summed E-state index contributed by atoms with van der Waals surface area (Å²) in [4.78, 5) is 17.6.